The van der Waals surface area contributed by atoms with Gasteiger partial charge in [-0.3, -0.25) is 14.9 Å². The maximum absolute atomic E-state index is 12.0. The summed E-state index contributed by atoms with van der Waals surface area (Å²) in [5, 5.41) is 11.4. The quantitative estimate of drug-likeness (QED) is 0.854. The van der Waals surface area contributed by atoms with Crippen LogP contribution in [-0.2, 0) is 16.0 Å². The van der Waals surface area contributed by atoms with Gasteiger partial charge in [0.05, 0.1) is 23.6 Å². The van der Waals surface area contributed by atoms with Crippen molar-refractivity contribution in [2.24, 2.45) is 0 Å². The Balaban J connectivity index is 2.01. The molecule has 0 saturated carbocycles. The molecular weight excluding hydrogens is 314 g/mol. The van der Waals surface area contributed by atoms with Crippen molar-refractivity contribution in [3.05, 3.63) is 39.9 Å². The average molecular weight is 326 g/mol. The second-order valence-corrected chi connectivity index (χ2v) is 5.39. The van der Waals surface area contributed by atoms with Gasteiger partial charge in [0, 0.05) is 0 Å². The van der Waals surface area contributed by atoms with E-state index < -0.39 is 0 Å². The number of hydrogen-bond donors (Lipinski definition) is 1. The molecule has 0 unspecified atom stereocenters. The molecule has 0 atom stereocenters. The van der Waals surface area contributed by atoms with E-state index >= 15 is 0 Å². The third-order valence-electron chi connectivity index (χ3n) is 2.41. The molecule has 2 rings (SSSR count). The number of benzene rings is 1. The molecule has 2 aromatic rings. The third kappa shape index (κ3) is 4.24. The summed E-state index contributed by atoms with van der Waals surface area (Å²) in [6.45, 7) is 2.04. The van der Waals surface area contributed by atoms with E-state index in [0.717, 1.165) is 11.3 Å². The van der Waals surface area contributed by atoms with Gasteiger partial charge in [0.1, 0.15) is 5.01 Å². The molecule has 1 heterocycles. The van der Waals surface area contributed by atoms with Crippen molar-refractivity contribution in [2.75, 3.05) is 11.9 Å². The predicted octanol–water partition coefficient (Wildman–Crippen LogP) is 2.55. The number of rotatable bonds is 5. The molecule has 0 fully saturated rings. The number of carbonyl (C=O) groups is 2. The fourth-order valence-electron chi connectivity index (χ4n) is 1.52. The van der Waals surface area contributed by atoms with Crippen LogP contribution in [0, 0.1) is 0 Å². The van der Waals surface area contributed by atoms with Crippen LogP contribution in [0.1, 0.15) is 22.3 Å². The Hall–Kier alpha value is -1.99. The molecule has 110 valence electrons. The zero-order valence-electron chi connectivity index (χ0n) is 11.1. The molecule has 0 radical (unpaired) electrons. The Kier molecular flexibility index (Phi) is 5.24. The van der Waals surface area contributed by atoms with Gasteiger partial charge in [-0.25, -0.2) is 0 Å². The number of aromatic nitrogens is 2. The predicted molar refractivity (Wildman–Crippen MR) is 79.7 cm³/mol. The summed E-state index contributed by atoms with van der Waals surface area (Å²) >= 11 is 7.06. The first-order valence-corrected chi connectivity index (χ1v) is 7.33. The summed E-state index contributed by atoms with van der Waals surface area (Å²) in [5.41, 5.74) is 0.348. The lowest BCUT2D eigenvalue weighted by Crippen LogP contribution is -2.12. The van der Waals surface area contributed by atoms with E-state index in [0.29, 0.717) is 27.3 Å². The number of carbonyl (C=O) groups excluding carboxylic acids is 2. The largest absolute Gasteiger partial charge is 0.466 e. The topological polar surface area (TPSA) is 81.2 Å². The SMILES string of the molecule is CCOC(=O)Cc1nnc(NC(=O)c2ccccc2Cl)s1. The molecule has 1 amide bonds. The van der Waals surface area contributed by atoms with Crippen molar-refractivity contribution >= 4 is 39.9 Å². The molecule has 21 heavy (non-hydrogen) atoms. The highest BCUT2D eigenvalue weighted by Crippen LogP contribution is 2.20. The second kappa shape index (κ2) is 7.14. The molecular formula is C13H12ClN3O3S. The normalized spacial score (nSPS) is 10.2. The summed E-state index contributed by atoms with van der Waals surface area (Å²) in [7, 11) is 0. The summed E-state index contributed by atoms with van der Waals surface area (Å²) < 4.78 is 4.82. The fraction of sp³-hybridized carbons (Fsp3) is 0.231. The first kappa shape index (κ1) is 15.4. The van der Waals surface area contributed by atoms with Crippen LogP contribution >= 0.6 is 22.9 Å². The van der Waals surface area contributed by atoms with Gasteiger partial charge in [0.25, 0.3) is 5.91 Å². The van der Waals surface area contributed by atoms with Crippen LogP contribution in [0.3, 0.4) is 0 Å². The van der Waals surface area contributed by atoms with Gasteiger partial charge in [-0.05, 0) is 19.1 Å². The Bertz CT molecular complexity index is 660. The summed E-state index contributed by atoms with van der Waals surface area (Å²) in [5.74, 6) is -0.753. The van der Waals surface area contributed by atoms with Crippen molar-refractivity contribution in [3.8, 4) is 0 Å². The van der Waals surface area contributed by atoms with Crippen LogP contribution in [0.25, 0.3) is 0 Å². The monoisotopic (exact) mass is 325 g/mol. The molecule has 0 saturated heterocycles. The number of ether oxygens (including phenoxy) is 1. The molecule has 1 N–H and O–H groups in total. The van der Waals surface area contributed by atoms with E-state index in [1.807, 2.05) is 0 Å². The van der Waals surface area contributed by atoms with Crippen LogP contribution in [0.2, 0.25) is 5.02 Å². The molecule has 1 aromatic carbocycles. The Labute approximate surface area is 130 Å². The van der Waals surface area contributed by atoms with E-state index in [1.54, 1.807) is 31.2 Å². The zero-order chi connectivity index (χ0) is 15.2. The van der Waals surface area contributed by atoms with E-state index in [-0.39, 0.29) is 18.3 Å². The minimum Gasteiger partial charge on any atom is -0.466 e. The van der Waals surface area contributed by atoms with E-state index in [4.69, 9.17) is 16.3 Å². The number of nitrogens with one attached hydrogen (secondary N) is 1. The van der Waals surface area contributed by atoms with Crippen LogP contribution in [-0.4, -0.2) is 28.7 Å². The van der Waals surface area contributed by atoms with Gasteiger partial charge in [-0.2, -0.15) is 0 Å². The molecule has 0 aliphatic heterocycles. The number of nitrogens with zero attached hydrogens (tertiary/aromatic N) is 2. The van der Waals surface area contributed by atoms with E-state index in [1.165, 1.54) is 0 Å². The van der Waals surface area contributed by atoms with Crippen molar-refractivity contribution in [1.82, 2.24) is 10.2 Å². The van der Waals surface area contributed by atoms with E-state index in [9.17, 15) is 9.59 Å². The summed E-state index contributed by atoms with van der Waals surface area (Å²) in [4.78, 5) is 23.3. The maximum atomic E-state index is 12.0. The van der Waals surface area contributed by atoms with E-state index in [2.05, 4.69) is 15.5 Å². The standard InChI is InChI=1S/C13H12ClN3O3S/c1-2-20-11(18)7-10-16-17-13(21-10)15-12(19)8-5-3-4-6-9(8)14/h3-6H,2,7H2,1H3,(H,15,17,19). The van der Waals surface area contributed by atoms with Crippen molar-refractivity contribution < 1.29 is 14.3 Å². The van der Waals surface area contributed by atoms with Gasteiger partial charge in [-0.15, -0.1) is 10.2 Å². The number of esters is 1. The number of anilines is 1. The van der Waals surface area contributed by atoms with Crippen LogP contribution in [0.5, 0.6) is 0 Å². The van der Waals surface area contributed by atoms with Crippen molar-refractivity contribution in [3.63, 3.8) is 0 Å². The Morgan fingerprint density at radius 2 is 2.10 bits per heavy atom. The first-order chi connectivity index (χ1) is 10.1. The van der Waals surface area contributed by atoms with Gasteiger partial charge in [0.15, 0.2) is 0 Å². The molecule has 0 aliphatic carbocycles. The lowest BCUT2D eigenvalue weighted by Gasteiger charge is -2.02. The Morgan fingerprint density at radius 1 is 1.33 bits per heavy atom. The van der Waals surface area contributed by atoms with Crippen molar-refractivity contribution in [2.45, 2.75) is 13.3 Å². The van der Waals surface area contributed by atoms with Gasteiger partial charge >= 0.3 is 5.97 Å². The zero-order valence-corrected chi connectivity index (χ0v) is 12.7. The minimum atomic E-state index is -0.377. The van der Waals surface area contributed by atoms with Gasteiger partial charge in [-0.1, -0.05) is 35.1 Å². The second-order valence-electron chi connectivity index (χ2n) is 3.92. The molecule has 6 nitrogen and oxygen atoms in total. The smallest absolute Gasteiger partial charge is 0.312 e. The highest BCUT2D eigenvalue weighted by Gasteiger charge is 2.14. The number of amides is 1. The number of hydrogen-bond acceptors (Lipinski definition) is 6. The van der Waals surface area contributed by atoms with Crippen LogP contribution in [0.4, 0.5) is 5.13 Å². The van der Waals surface area contributed by atoms with Crippen LogP contribution < -0.4 is 5.32 Å². The molecule has 8 heteroatoms. The van der Waals surface area contributed by atoms with Gasteiger partial charge < -0.3 is 4.74 Å². The average Bonchev–Trinajstić information content (AvgIpc) is 2.86. The molecule has 1 aromatic heterocycles. The molecule has 0 aliphatic rings. The number of halogens is 1. The fourth-order valence-corrected chi connectivity index (χ4v) is 2.46. The highest BCUT2D eigenvalue weighted by molar-refractivity contribution is 7.15. The molecule has 0 bridgehead atoms. The first-order valence-electron chi connectivity index (χ1n) is 6.14. The Morgan fingerprint density at radius 3 is 2.81 bits per heavy atom. The summed E-state index contributed by atoms with van der Waals surface area (Å²) in [6, 6.07) is 6.69. The maximum Gasteiger partial charge on any atom is 0.312 e. The lowest BCUT2D eigenvalue weighted by molar-refractivity contribution is -0.142. The minimum absolute atomic E-state index is 0.0352. The van der Waals surface area contributed by atoms with Crippen LogP contribution in [0.15, 0.2) is 24.3 Å². The highest BCUT2D eigenvalue weighted by atomic mass is 35.5. The van der Waals surface area contributed by atoms with Crippen molar-refractivity contribution in [1.29, 1.82) is 0 Å². The summed E-state index contributed by atoms with van der Waals surface area (Å²) in [6.07, 6.45) is 0.0352. The van der Waals surface area contributed by atoms with Gasteiger partial charge in [0.2, 0.25) is 5.13 Å². The lowest BCUT2D eigenvalue weighted by atomic mass is 10.2. The molecule has 0 spiro atoms. The third-order valence-corrected chi connectivity index (χ3v) is 3.57.